The van der Waals surface area contributed by atoms with Crippen molar-refractivity contribution < 1.29 is 9.53 Å². The topological polar surface area (TPSA) is 38.3 Å². The molecule has 4 heteroatoms. The van der Waals surface area contributed by atoms with Gasteiger partial charge in [0.25, 0.3) is 5.91 Å². The molecule has 0 aliphatic rings. The van der Waals surface area contributed by atoms with Crippen molar-refractivity contribution in [3.63, 3.8) is 0 Å². The number of hydrogen-bond acceptors (Lipinski definition) is 2. The van der Waals surface area contributed by atoms with Crippen LogP contribution in [0.15, 0.2) is 36.4 Å². The van der Waals surface area contributed by atoms with E-state index in [9.17, 15) is 4.79 Å². The highest BCUT2D eigenvalue weighted by atomic mass is 35.5. The van der Waals surface area contributed by atoms with E-state index in [-0.39, 0.29) is 12.5 Å². The number of rotatable bonds is 6. The highest BCUT2D eigenvalue weighted by Crippen LogP contribution is 2.28. The number of amides is 1. The number of ether oxygens (including phenoxy) is 1. The quantitative estimate of drug-likeness (QED) is 0.752. The highest BCUT2D eigenvalue weighted by Gasteiger charge is 2.13. The van der Waals surface area contributed by atoms with Gasteiger partial charge in [0.1, 0.15) is 5.75 Å². The Labute approximate surface area is 149 Å². The average Bonchev–Trinajstić information content (AvgIpc) is 2.53. The molecule has 3 nitrogen and oxygen atoms in total. The van der Waals surface area contributed by atoms with Crippen molar-refractivity contribution in [2.75, 3.05) is 11.9 Å². The van der Waals surface area contributed by atoms with Gasteiger partial charge >= 0.3 is 0 Å². The second-order valence-electron chi connectivity index (χ2n) is 6.10. The molecule has 0 fully saturated rings. The van der Waals surface area contributed by atoms with Crippen molar-refractivity contribution in [3.8, 4) is 5.75 Å². The van der Waals surface area contributed by atoms with Crippen LogP contribution >= 0.6 is 11.6 Å². The predicted octanol–water partition coefficient (Wildman–Crippen LogP) is 5.49. The van der Waals surface area contributed by atoms with Crippen LogP contribution in [-0.4, -0.2) is 12.5 Å². The summed E-state index contributed by atoms with van der Waals surface area (Å²) in [5.74, 6) is 0.937. The molecule has 1 N–H and O–H groups in total. The summed E-state index contributed by atoms with van der Waals surface area (Å²) in [6.07, 6.45) is 1.02. The number of anilines is 1. The Morgan fingerprint density at radius 1 is 1.21 bits per heavy atom. The van der Waals surface area contributed by atoms with Crippen LogP contribution in [0.4, 0.5) is 5.69 Å². The molecular weight excluding hydrogens is 322 g/mol. The summed E-state index contributed by atoms with van der Waals surface area (Å²) < 4.78 is 5.71. The maximum Gasteiger partial charge on any atom is 0.262 e. The average molecular weight is 346 g/mol. The Morgan fingerprint density at radius 2 is 1.83 bits per heavy atom. The highest BCUT2D eigenvalue weighted by molar-refractivity contribution is 6.30. The van der Waals surface area contributed by atoms with Crippen LogP contribution < -0.4 is 10.1 Å². The van der Waals surface area contributed by atoms with Crippen molar-refractivity contribution >= 4 is 23.2 Å². The van der Waals surface area contributed by atoms with E-state index < -0.39 is 0 Å². The largest absolute Gasteiger partial charge is 0.483 e. The zero-order valence-corrected chi connectivity index (χ0v) is 15.4. The molecular formula is C20H24ClNO2. The molecule has 0 spiro atoms. The first-order valence-corrected chi connectivity index (χ1v) is 8.58. The first-order valence-electron chi connectivity index (χ1n) is 8.20. The Hall–Kier alpha value is -2.00. The first-order chi connectivity index (χ1) is 11.4. The molecule has 0 radical (unpaired) electrons. The molecule has 0 saturated carbocycles. The lowest BCUT2D eigenvalue weighted by Crippen LogP contribution is -2.21. The smallest absolute Gasteiger partial charge is 0.262 e. The third-order valence-electron chi connectivity index (χ3n) is 4.15. The lowest BCUT2D eigenvalue weighted by molar-refractivity contribution is -0.118. The van der Waals surface area contributed by atoms with Crippen LogP contribution in [0.1, 0.15) is 42.9 Å². The van der Waals surface area contributed by atoms with Crippen LogP contribution in [0.5, 0.6) is 5.75 Å². The number of para-hydroxylation sites is 1. The zero-order chi connectivity index (χ0) is 17.7. The number of benzene rings is 2. The number of nitrogens with one attached hydrogen (secondary N) is 1. The van der Waals surface area contributed by atoms with Gasteiger partial charge in [-0.2, -0.15) is 0 Å². The van der Waals surface area contributed by atoms with Crippen molar-refractivity contribution in [1.82, 2.24) is 0 Å². The normalized spacial score (nSPS) is 11.9. The number of carbonyl (C=O) groups is 1. The molecule has 1 amide bonds. The fourth-order valence-electron chi connectivity index (χ4n) is 2.71. The minimum atomic E-state index is -0.167. The van der Waals surface area contributed by atoms with Crippen molar-refractivity contribution in [2.45, 2.75) is 40.0 Å². The second kappa shape index (κ2) is 8.20. The van der Waals surface area contributed by atoms with E-state index in [1.165, 1.54) is 0 Å². The van der Waals surface area contributed by atoms with Crippen LogP contribution in [0.2, 0.25) is 5.02 Å². The fourth-order valence-corrected chi connectivity index (χ4v) is 3.04. The zero-order valence-electron chi connectivity index (χ0n) is 14.7. The molecule has 2 aromatic rings. The third-order valence-corrected chi connectivity index (χ3v) is 4.37. The molecule has 0 unspecified atom stereocenters. The Morgan fingerprint density at radius 3 is 2.46 bits per heavy atom. The molecule has 0 heterocycles. The van der Waals surface area contributed by atoms with Crippen molar-refractivity contribution in [3.05, 3.63) is 58.1 Å². The lowest BCUT2D eigenvalue weighted by atomic mass is 9.97. The van der Waals surface area contributed by atoms with Crippen LogP contribution in [0, 0.1) is 13.8 Å². The van der Waals surface area contributed by atoms with Gasteiger partial charge in [0.2, 0.25) is 0 Å². The number of carbonyl (C=O) groups excluding carboxylic acids is 1. The first kappa shape index (κ1) is 18.3. The molecule has 2 rings (SSSR count). The lowest BCUT2D eigenvalue weighted by Gasteiger charge is -2.16. The Kier molecular flexibility index (Phi) is 6.27. The summed E-state index contributed by atoms with van der Waals surface area (Å²) in [5.41, 5.74) is 3.85. The summed E-state index contributed by atoms with van der Waals surface area (Å²) in [4.78, 5) is 12.3. The maximum absolute atomic E-state index is 12.3. The minimum absolute atomic E-state index is 0.0296. The molecule has 0 bridgehead atoms. The monoisotopic (exact) mass is 345 g/mol. The van der Waals surface area contributed by atoms with Crippen molar-refractivity contribution in [2.24, 2.45) is 0 Å². The van der Waals surface area contributed by atoms with Gasteiger partial charge in [-0.25, -0.2) is 0 Å². The summed E-state index contributed by atoms with van der Waals surface area (Å²) in [6.45, 7) is 8.10. The summed E-state index contributed by atoms with van der Waals surface area (Å²) in [7, 11) is 0. The molecule has 128 valence electrons. The van der Waals surface area contributed by atoms with E-state index in [1.54, 1.807) is 0 Å². The SMILES string of the molecule is CC[C@H](C)c1ccccc1NC(=O)COc1c(C)cc(Cl)cc1C. The third kappa shape index (κ3) is 4.51. The minimum Gasteiger partial charge on any atom is -0.483 e. The standard InChI is InChI=1S/C20H24ClNO2/c1-5-13(2)17-8-6-7-9-18(17)22-19(23)12-24-20-14(3)10-16(21)11-15(20)4/h6-11,13H,5,12H2,1-4H3,(H,22,23)/t13-/m0/s1. The van der Waals surface area contributed by atoms with E-state index in [0.717, 1.165) is 28.8 Å². The van der Waals surface area contributed by atoms with E-state index in [1.807, 2.05) is 44.2 Å². The Bertz CT molecular complexity index is 704. The molecule has 0 aliphatic carbocycles. The summed E-state index contributed by atoms with van der Waals surface area (Å²) in [6, 6.07) is 11.6. The molecule has 2 aromatic carbocycles. The van der Waals surface area contributed by atoms with E-state index in [4.69, 9.17) is 16.3 Å². The van der Waals surface area contributed by atoms with Gasteiger partial charge in [0, 0.05) is 10.7 Å². The summed E-state index contributed by atoms with van der Waals surface area (Å²) >= 11 is 6.02. The van der Waals surface area contributed by atoms with E-state index in [2.05, 4.69) is 25.2 Å². The van der Waals surface area contributed by atoms with Gasteiger partial charge in [-0.3, -0.25) is 4.79 Å². The number of aryl methyl sites for hydroxylation is 2. The molecule has 0 saturated heterocycles. The van der Waals surface area contributed by atoms with Gasteiger partial charge in [-0.05, 0) is 61.1 Å². The van der Waals surface area contributed by atoms with Gasteiger partial charge in [-0.1, -0.05) is 43.6 Å². The van der Waals surface area contributed by atoms with Gasteiger partial charge < -0.3 is 10.1 Å². The fraction of sp³-hybridized carbons (Fsp3) is 0.350. The molecule has 0 aromatic heterocycles. The Balaban J connectivity index is 2.05. The summed E-state index contributed by atoms with van der Waals surface area (Å²) in [5, 5.41) is 3.63. The maximum atomic E-state index is 12.3. The van der Waals surface area contributed by atoms with Crippen LogP contribution in [0.3, 0.4) is 0 Å². The second-order valence-corrected chi connectivity index (χ2v) is 6.54. The number of hydrogen-bond donors (Lipinski definition) is 1. The molecule has 1 atom stereocenters. The van der Waals surface area contributed by atoms with Crippen LogP contribution in [0.25, 0.3) is 0 Å². The van der Waals surface area contributed by atoms with Crippen LogP contribution in [-0.2, 0) is 4.79 Å². The molecule has 24 heavy (non-hydrogen) atoms. The van der Waals surface area contributed by atoms with Crippen molar-refractivity contribution in [1.29, 1.82) is 0 Å². The van der Waals surface area contributed by atoms with Gasteiger partial charge in [0.15, 0.2) is 6.61 Å². The van der Waals surface area contributed by atoms with Gasteiger partial charge in [0.05, 0.1) is 0 Å². The van der Waals surface area contributed by atoms with E-state index >= 15 is 0 Å². The molecule has 0 aliphatic heterocycles. The number of halogens is 1. The predicted molar refractivity (Wildman–Crippen MR) is 100 cm³/mol. The van der Waals surface area contributed by atoms with E-state index in [0.29, 0.717) is 16.7 Å². The van der Waals surface area contributed by atoms with Gasteiger partial charge in [-0.15, -0.1) is 0 Å².